The first-order valence-corrected chi connectivity index (χ1v) is 6.96. The molecule has 0 radical (unpaired) electrons. The van der Waals surface area contributed by atoms with Gasteiger partial charge in [-0.25, -0.2) is 9.67 Å². The zero-order chi connectivity index (χ0) is 14.2. The summed E-state index contributed by atoms with van der Waals surface area (Å²) in [6, 6.07) is 0. The minimum Gasteiger partial charge on any atom is -0.481 e. The van der Waals surface area contributed by atoms with Gasteiger partial charge >= 0.3 is 5.97 Å². The highest BCUT2D eigenvalue weighted by atomic mass is 16.4. The number of hydrogen-bond donors (Lipinski definition) is 2. The Bertz CT molecular complexity index is 516. The number of carbonyl (C=O) groups excluding carboxylic acids is 1. The van der Waals surface area contributed by atoms with Crippen molar-refractivity contribution in [3.63, 3.8) is 0 Å². The molecule has 0 spiro atoms. The van der Waals surface area contributed by atoms with Crippen molar-refractivity contribution in [2.75, 3.05) is 0 Å². The van der Waals surface area contributed by atoms with Crippen LogP contribution in [0.15, 0.2) is 12.7 Å². The summed E-state index contributed by atoms with van der Waals surface area (Å²) in [5.74, 6) is -0.982. The van der Waals surface area contributed by atoms with E-state index in [1.807, 2.05) is 0 Å². The van der Waals surface area contributed by atoms with Gasteiger partial charge in [0.05, 0.1) is 12.0 Å². The molecule has 0 aliphatic heterocycles. The molecule has 108 valence electrons. The number of rotatable bonds is 5. The summed E-state index contributed by atoms with van der Waals surface area (Å²) >= 11 is 0. The lowest BCUT2D eigenvalue weighted by Gasteiger charge is -2.31. The normalized spacial score (nSPS) is 22.4. The van der Waals surface area contributed by atoms with Gasteiger partial charge in [0.25, 0.3) is 0 Å². The molecule has 20 heavy (non-hydrogen) atoms. The molecule has 0 unspecified atom stereocenters. The highest BCUT2D eigenvalue weighted by Crippen LogP contribution is 2.44. The molecule has 2 fully saturated rings. The number of nitrogens with one attached hydrogen (secondary N) is 1. The number of aromatic nitrogens is 3. The maximum Gasteiger partial charge on any atom is 0.305 e. The van der Waals surface area contributed by atoms with Gasteiger partial charge in [-0.05, 0) is 25.7 Å². The first-order valence-electron chi connectivity index (χ1n) is 6.96. The molecule has 2 aliphatic rings. The molecular formula is C13H18N4O3. The van der Waals surface area contributed by atoms with E-state index in [-0.39, 0.29) is 12.3 Å². The van der Waals surface area contributed by atoms with E-state index in [0.717, 1.165) is 38.5 Å². The van der Waals surface area contributed by atoms with Crippen LogP contribution < -0.4 is 5.32 Å². The molecule has 0 atom stereocenters. The van der Waals surface area contributed by atoms with Crippen molar-refractivity contribution in [2.24, 2.45) is 0 Å². The molecular weight excluding hydrogens is 260 g/mol. The van der Waals surface area contributed by atoms with E-state index in [1.165, 1.54) is 6.33 Å². The first-order chi connectivity index (χ1) is 9.56. The van der Waals surface area contributed by atoms with Crippen LogP contribution in [-0.2, 0) is 15.1 Å². The van der Waals surface area contributed by atoms with Crippen molar-refractivity contribution in [1.29, 1.82) is 0 Å². The minimum absolute atomic E-state index is 0.00776. The van der Waals surface area contributed by atoms with Gasteiger partial charge < -0.3 is 10.4 Å². The Balaban J connectivity index is 1.76. The summed E-state index contributed by atoms with van der Waals surface area (Å²) in [6.07, 6.45) is 7.80. The van der Waals surface area contributed by atoms with Crippen molar-refractivity contribution in [3.8, 4) is 0 Å². The van der Waals surface area contributed by atoms with Crippen LogP contribution in [0.2, 0.25) is 0 Å². The van der Waals surface area contributed by atoms with Crippen LogP contribution in [0.25, 0.3) is 0 Å². The lowest BCUT2D eigenvalue weighted by molar-refractivity contribution is -0.139. The lowest BCUT2D eigenvalue weighted by Crippen LogP contribution is -2.52. The molecule has 3 rings (SSSR count). The Labute approximate surface area is 116 Å². The third-order valence-corrected chi connectivity index (χ3v) is 4.43. The van der Waals surface area contributed by atoms with E-state index in [0.29, 0.717) is 0 Å². The van der Waals surface area contributed by atoms with Gasteiger partial charge in [-0.2, -0.15) is 5.10 Å². The SMILES string of the molecule is O=C(O)CC1(NC(=O)C2(n3cncn3)CC2)CCCC1. The monoisotopic (exact) mass is 278 g/mol. The van der Waals surface area contributed by atoms with Gasteiger partial charge in [0.15, 0.2) is 0 Å². The summed E-state index contributed by atoms with van der Waals surface area (Å²) in [4.78, 5) is 27.5. The minimum atomic E-state index is -0.863. The van der Waals surface area contributed by atoms with Gasteiger partial charge in [0.2, 0.25) is 5.91 Å². The van der Waals surface area contributed by atoms with Crippen LogP contribution in [0.4, 0.5) is 0 Å². The Morgan fingerprint density at radius 1 is 1.25 bits per heavy atom. The standard InChI is InChI=1S/C13H18N4O3/c18-10(19)7-12(3-1-2-4-12)16-11(20)13(5-6-13)17-9-14-8-15-17/h8-9H,1-7H2,(H,16,20)(H,18,19). The topological polar surface area (TPSA) is 97.1 Å². The van der Waals surface area contributed by atoms with Crippen LogP contribution in [0, 0.1) is 0 Å². The highest BCUT2D eigenvalue weighted by Gasteiger charge is 2.54. The van der Waals surface area contributed by atoms with Crippen molar-refractivity contribution < 1.29 is 14.7 Å². The number of aliphatic carboxylic acids is 1. The Morgan fingerprint density at radius 2 is 1.95 bits per heavy atom. The second-order valence-corrected chi connectivity index (χ2v) is 5.88. The summed E-state index contributed by atoms with van der Waals surface area (Å²) in [5.41, 5.74) is -1.23. The molecule has 0 aromatic carbocycles. The van der Waals surface area contributed by atoms with E-state index in [4.69, 9.17) is 5.11 Å². The van der Waals surface area contributed by atoms with Crippen molar-refractivity contribution in [2.45, 2.75) is 56.0 Å². The molecule has 2 aliphatic carbocycles. The fourth-order valence-corrected chi connectivity index (χ4v) is 3.15. The smallest absolute Gasteiger partial charge is 0.305 e. The zero-order valence-electron chi connectivity index (χ0n) is 11.2. The van der Waals surface area contributed by atoms with Crippen LogP contribution >= 0.6 is 0 Å². The predicted octanol–water partition coefficient (Wildman–Crippen LogP) is 0.671. The van der Waals surface area contributed by atoms with Gasteiger partial charge in [0, 0.05) is 0 Å². The molecule has 0 bridgehead atoms. The van der Waals surface area contributed by atoms with Crippen molar-refractivity contribution in [3.05, 3.63) is 12.7 Å². The molecule has 7 heteroatoms. The fourth-order valence-electron chi connectivity index (χ4n) is 3.15. The van der Waals surface area contributed by atoms with Gasteiger partial charge in [-0.1, -0.05) is 12.8 Å². The van der Waals surface area contributed by atoms with Crippen LogP contribution in [-0.4, -0.2) is 37.3 Å². The number of amides is 1. The largest absolute Gasteiger partial charge is 0.481 e. The molecule has 1 aromatic heterocycles. The predicted molar refractivity (Wildman–Crippen MR) is 68.8 cm³/mol. The maximum absolute atomic E-state index is 12.6. The third kappa shape index (κ3) is 2.17. The number of hydrogen-bond acceptors (Lipinski definition) is 4. The quantitative estimate of drug-likeness (QED) is 0.825. The molecule has 1 aromatic rings. The molecule has 2 N–H and O–H groups in total. The van der Waals surface area contributed by atoms with Crippen molar-refractivity contribution in [1.82, 2.24) is 20.1 Å². The first kappa shape index (κ1) is 13.1. The number of carboxylic acid groups (broad SMARTS) is 1. The summed E-state index contributed by atoms with van der Waals surface area (Å²) in [6.45, 7) is 0. The Hall–Kier alpha value is -1.92. The molecule has 1 amide bonds. The highest BCUT2D eigenvalue weighted by molar-refractivity contribution is 5.88. The van der Waals surface area contributed by atoms with Gasteiger partial charge in [-0.15, -0.1) is 0 Å². The second-order valence-electron chi connectivity index (χ2n) is 5.88. The van der Waals surface area contributed by atoms with Crippen LogP contribution in [0.1, 0.15) is 44.9 Å². The van der Waals surface area contributed by atoms with Crippen molar-refractivity contribution >= 4 is 11.9 Å². The number of nitrogens with zero attached hydrogens (tertiary/aromatic N) is 3. The average molecular weight is 278 g/mol. The summed E-state index contributed by atoms with van der Waals surface area (Å²) < 4.78 is 1.59. The van der Waals surface area contributed by atoms with E-state index < -0.39 is 17.0 Å². The summed E-state index contributed by atoms with van der Waals surface area (Å²) in [7, 11) is 0. The molecule has 1 heterocycles. The molecule has 2 saturated carbocycles. The van der Waals surface area contributed by atoms with E-state index in [9.17, 15) is 9.59 Å². The lowest BCUT2D eigenvalue weighted by atomic mass is 9.92. The van der Waals surface area contributed by atoms with Crippen LogP contribution in [0.5, 0.6) is 0 Å². The van der Waals surface area contributed by atoms with Crippen LogP contribution in [0.3, 0.4) is 0 Å². The van der Waals surface area contributed by atoms with E-state index in [1.54, 1.807) is 11.0 Å². The zero-order valence-corrected chi connectivity index (χ0v) is 11.2. The number of carbonyl (C=O) groups is 2. The third-order valence-electron chi connectivity index (χ3n) is 4.43. The summed E-state index contributed by atoms with van der Waals surface area (Å²) in [5, 5.41) is 16.1. The number of carboxylic acids is 1. The van der Waals surface area contributed by atoms with E-state index >= 15 is 0 Å². The molecule has 7 nitrogen and oxygen atoms in total. The van der Waals surface area contributed by atoms with Gasteiger partial charge in [-0.3, -0.25) is 9.59 Å². The van der Waals surface area contributed by atoms with Gasteiger partial charge in [0.1, 0.15) is 18.2 Å². The fraction of sp³-hybridized carbons (Fsp3) is 0.692. The molecule has 0 saturated heterocycles. The average Bonchev–Trinajstić information content (AvgIpc) is 2.83. The Morgan fingerprint density at radius 3 is 2.45 bits per heavy atom. The second kappa shape index (κ2) is 4.57. The Kier molecular flexibility index (Phi) is 2.99. The maximum atomic E-state index is 12.6. The van der Waals surface area contributed by atoms with E-state index in [2.05, 4.69) is 15.4 Å².